The maximum absolute atomic E-state index is 13.4. The number of carbonyl (C=O) groups is 3. The fourth-order valence-electron chi connectivity index (χ4n) is 6.49. The zero-order valence-corrected chi connectivity index (χ0v) is 26.9. The highest BCUT2D eigenvalue weighted by Gasteiger charge is 2.36. The highest BCUT2D eigenvalue weighted by atomic mass is 16.5. The van der Waals surface area contributed by atoms with E-state index in [4.69, 9.17) is 9.72 Å². The summed E-state index contributed by atoms with van der Waals surface area (Å²) in [5.74, 6) is 1.54. The monoisotopic (exact) mass is 618 g/mol. The fraction of sp³-hybridized carbons (Fsp3) is 0.368. The van der Waals surface area contributed by atoms with Gasteiger partial charge in [-0.2, -0.15) is 0 Å². The third-order valence-electron chi connectivity index (χ3n) is 9.46. The van der Waals surface area contributed by atoms with Crippen LogP contribution in [0.1, 0.15) is 72.9 Å². The molecule has 6 rings (SSSR count). The second-order valence-electron chi connectivity index (χ2n) is 12.5. The van der Waals surface area contributed by atoms with Crippen molar-refractivity contribution in [2.45, 2.75) is 78.9 Å². The average Bonchev–Trinajstić information content (AvgIpc) is 3.65. The molecule has 0 saturated carbocycles. The maximum Gasteiger partial charge on any atom is 0.255 e. The van der Waals surface area contributed by atoms with Gasteiger partial charge in [0.1, 0.15) is 24.0 Å². The van der Waals surface area contributed by atoms with Crippen molar-refractivity contribution in [2.24, 2.45) is 5.92 Å². The predicted molar refractivity (Wildman–Crippen MR) is 177 cm³/mol. The van der Waals surface area contributed by atoms with Gasteiger partial charge in [0.15, 0.2) is 5.78 Å². The third-order valence-corrected chi connectivity index (χ3v) is 9.46. The van der Waals surface area contributed by atoms with Gasteiger partial charge in [0.05, 0.1) is 31.0 Å². The average molecular weight is 619 g/mol. The number of amides is 1. The van der Waals surface area contributed by atoms with Crippen molar-refractivity contribution in [2.75, 3.05) is 6.54 Å². The second kappa shape index (κ2) is 13.8. The van der Waals surface area contributed by atoms with E-state index >= 15 is 0 Å². The Balaban J connectivity index is 1.05. The van der Waals surface area contributed by atoms with E-state index in [1.54, 1.807) is 11.0 Å². The summed E-state index contributed by atoms with van der Waals surface area (Å²) in [5.41, 5.74) is 5.99. The number of imidazole rings is 1. The Morgan fingerprint density at radius 1 is 0.935 bits per heavy atom. The van der Waals surface area contributed by atoms with Gasteiger partial charge >= 0.3 is 0 Å². The summed E-state index contributed by atoms with van der Waals surface area (Å²) in [6.07, 6.45) is 3.38. The summed E-state index contributed by atoms with van der Waals surface area (Å²) < 4.78 is 8.57. The minimum atomic E-state index is -0.626. The van der Waals surface area contributed by atoms with Gasteiger partial charge in [0, 0.05) is 43.1 Å². The van der Waals surface area contributed by atoms with Crippen LogP contribution in [0.4, 0.5) is 0 Å². The van der Waals surface area contributed by atoms with Gasteiger partial charge in [-0.05, 0) is 48.6 Å². The molecule has 46 heavy (non-hydrogen) atoms. The molecule has 8 heteroatoms. The standard InChI is InChI=1S/C38H42N4O4/c1-4-26(2)35(44)18-17-33(27(3)43)42-23-32-31(38(42)45)11-8-12-36(32)46-25-29-15-13-28(14-16-29)22-40-19-20-41-34(21-39-37(41)24-40)30-9-6-5-7-10-30/h5-16,21,26,33H,4,17-20,22-25H2,1-3H3. The fourth-order valence-corrected chi connectivity index (χ4v) is 6.49. The number of ether oxygens (including phenoxy) is 1. The van der Waals surface area contributed by atoms with Crippen LogP contribution < -0.4 is 4.74 Å². The van der Waals surface area contributed by atoms with E-state index in [-0.39, 0.29) is 29.8 Å². The van der Waals surface area contributed by atoms with Crippen LogP contribution in [0, 0.1) is 5.92 Å². The van der Waals surface area contributed by atoms with Crippen LogP contribution in [0.25, 0.3) is 11.3 Å². The first-order valence-corrected chi connectivity index (χ1v) is 16.3. The topological polar surface area (TPSA) is 84.7 Å². The zero-order valence-electron chi connectivity index (χ0n) is 26.9. The number of ketones is 2. The lowest BCUT2D eigenvalue weighted by molar-refractivity contribution is -0.124. The smallest absolute Gasteiger partial charge is 0.255 e. The van der Waals surface area contributed by atoms with Crippen molar-refractivity contribution in [3.05, 3.63) is 107 Å². The van der Waals surface area contributed by atoms with Crippen molar-refractivity contribution < 1.29 is 19.1 Å². The second-order valence-corrected chi connectivity index (χ2v) is 12.5. The summed E-state index contributed by atoms with van der Waals surface area (Å²) >= 11 is 0. The number of nitrogens with zero attached hydrogens (tertiary/aromatic N) is 4. The number of aromatic nitrogens is 2. The first kappa shape index (κ1) is 31.4. The van der Waals surface area contributed by atoms with Gasteiger partial charge in [0.25, 0.3) is 5.91 Å². The van der Waals surface area contributed by atoms with Crippen molar-refractivity contribution >= 4 is 17.5 Å². The molecule has 4 aromatic rings. The Kier molecular flexibility index (Phi) is 9.45. The lowest BCUT2D eigenvalue weighted by atomic mass is 9.96. The van der Waals surface area contributed by atoms with Crippen LogP contribution in [-0.2, 0) is 42.4 Å². The molecule has 0 radical (unpaired) electrons. The number of benzene rings is 3. The number of rotatable bonds is 13. The molecular weight excluding hydrogens is 576 g/mol. The normalized spacial score (nSPS) is 15.7. The summed E-state index contributed by atoms with van der Waals surface area (Å²) in [4.78, 5) is 47.2. The highest BCUT2D eigenvalue weighted by Crippen LogP contribution is 2.34. The number of Topliss-reactive ketones (excluding diaryl/α,β-unsaturated/α-hetero) is 2. The summed E-state index contributed by atoms with van der Waals surface area (Å²) in [6, 6.07) is 23.8. The van der Waals surface area contributed by atoms with Crippen molar-refractivity contribution in [3.8, 4) is 17.0 Å². The molecule has 0 aliphatic carbocycles. The van der Waals surface area contributed by atoms with Crippen LogP contribution in [-0.4, -0.2) is 49.4 Å². The molecule has 0 N–H and O–H groups in total. The lowest BCUT2D eigenvalue weighted by Gasteiger charge is -2.28. The molecule has 1 amide bonds. The van der Waals surface area contributed by atoms with E-state index in [2.05, 4.69) is 58.0 Å². The van der Waals surface area contributed by atoms with E-state index in [0.717, 1.165) is 49.6 Å². The molecule has 2 aliphatic heterocycles. The van der Waals surface area contributed by atoms with Crippen molar-refractivity contribution in [1.82, 2.24) is 19.4 Å². The SMILES string of the molecule is CCC(C)C(=O)CCC(C(C)=O)N1Cc2c(OCc3ccc(CN4CCn5c(-c6ccccc6)cnc5C4)cc3)cccc2C1=O. The molecule has 3 aromatic carbocycles. The van der Waals surface area contributed by atoms with Crippen LogP contribution in [0.5, 0.6) is 5.75 Å². The van der Waals surface area contributed by atoms with Gasteiger partial charge in [-0.25, -0.2) is 4.98 Å². The Morgan fingerprint density at radius 3 is 2.43 bits per heavy atom. The molecule has 1 aromatic heterocycles. The molecule has 2 atom stereocenters. The molecule has 0 saturated heterocycles. The van der Waals surface area contributed by atoms with E-state index in [0.29, 0.717) is 30.9 Å². The number of hydrogen-bond donors (Lipinski definition) is 0. The van der Waals surface area contributed by atoms with Crippen LogP contribution in [0.15, 0.2) is 79.0 Å². The van der Waals surface area contributed by atoms with Gasteiger partial charge in [-0.15, -0.1) is 0 Å². The number of carbonyl (C=O) groups excluding carboxylic acids is 3. The molecule has 2 aliphatic rings. The predicted octanol–water partition coefficient (Wildman–Crippen LogP) is 6.45. The largest absolute Gasteiger partial charge is 0.489 e. The quantitative estimate of drug-likeness (QED) is 0.171. The van der Waals surface area contributed by atoms with Crippen molar-refractivity contribution in [3.63, 3.8) is 0 Å². The van der Waals surface area contributed by atoms with Gasteiger partial charge in [-0.1, -0.05) is 74.5 Å². The molecular formula is C38H42N4O4. The summed E-state index contributed by atoms with van der Waals surface area (Å²) in [5, 5.41) is 0. The molecule has 0 fully saturated rings. The lowest BCUT2D eigenvalue weighted by Crippen LogP contribution is -2.40. The Morgan fingerprint density at radius 2 is 1.70 bits per heavy atom. The minimum Gasteiger partial charge on any atom is -0.489 e. The zero-order chi connectivity index (χ0) is 32.2. The summed E-state index contributed by atoms with van der Waals surface area (Å²) in [7, 11) is 0. The molecule has 2 unspecified atom stereocenters. The first-order chi connectivity index (χ1) is 22.3. The summed E-state index contributed by atoms with van der Waals surface area (Å²) in [6.45, 7) is 9.58. The Hall–Kier alpha value is -4.56. The third kappa shape index (κ3) is 6.67. The van der Waals surface area contributed by atoms with Crippen molar-refractivity contribution in [1.29, 1.82) is 0 Å². The van der Waals surface area contributed by atoms with Gasteiger partial charge in [0.2, 0.25) is 0 Å². The molecule has 0 bridgehead atoms. The molecule has 3 heterocycles. The van der Waals surface area contributed by atoms with E-state index in [1.807, 2.05) is 38.2 Å². The van der Waals surface area contributed by atoms with E-state index < -0.39 is 6.04 Å². The Bertz CT molecular complexity index is 1710. The number of hydrogen-bond acceptors (Lipinski definition) is 6. The van der Waals surface area contributed by atoms with Crippen LogP contribution >= 0.6 is 0 Å². The molecule has 238 valence electrons. The Labute approximate surface area is 271 Å². The van der Waals surface area contributed by atoms with Gasteiger partial charge in [-0.3, -0.25) is 19.3 Å². The molecule has 8 nitrogen and oxygen atoms in total. The van der Waals surface area contributed by atoms with Gasteiger partial charge < -0.3 is 14.2 Å². The highest BCUT2D eigenvalue weighted by molar-refractivity contribution is 6.02. The maximum atomic E-state index is 13.4. The number of fused-ring (bicyclic) bond motifs is 2. The van der Waals surface area contributed by atoms with E-state index in [1.165, 1.54) is 23.7 Å². The molecule has 0 spiro atoms. The van der Waals surface area contributed by atoms with Crippen LogP contribution in [0.2, 0.25) is 0 Å². The van der Waals surface area contributed by atoms with E-state index in [9.17, 15) is 14.4 Å². The first-order valence-electron chi connectivity index (χ1n) is 16.3. The van der Waals surface area contributed by atoms with Crippen LogP contribution in [0.3, 0.4) is 0 Å². The minimum absolute atomic E-state index is 0.0444.